The molecule has 1 saturated heterocycles. The van der Waals surface area contributed by atoms with Crippen LogP contribution in [0.3, 0.4) is 0 Å². The molecule has 1 aromatic heterocycles. The van der Waals surface area contributed by atoms with E-state index >= 15 is 0 Å². The van der Waals surface area contributed by atoms with Crippen molar-refractivity contribution in [3.8, 4) is 0 Å². The summed E-state index contributed by atoms with van der Waals surface area (Å²) < 4.78 is 27.6. The Hall–Kier alpha value is -0.920. The molecule has 0 radical (unpaired) electrons. The molecule has 1 N–H and O–H groups in total. The number of rotatable bonds is 6. The number of piperidine rings is 1. The van der Waals surface area contributed by atoms with Crippen LogP contribution in [-0.2, 0) is 16.6 Å². The van der Waals surface area contributed by atoms with E-state index < -0.39 is 10.0 Å². The molecule has 24 heavy (non-hydrogen) atoms. The summed E-state index contributed by atoms with van der Waals surface area (Å²) in [6, 6.07) is 12.6. The van der Waals surface area contributed by atoms with E-state index in [0.717, 1.165) is 30.3 Å². The number of nitrogens with zero attached hydrogens (tertiary/aromatic N) is 1. The first-order valence-electron chi connectivity index (χ1n) is 8.06. The van der Waals surface area contributed by atoms with E-state index in [1.54, 1.807) is 39.9 Å². The lowest BCUT2D eigenvalue weighted by Gasteiger charge is -2.31. The fraction of sp³-hybridized carbons (Fsp3) is 0.412. The molecule has 0 spiro atoms. The molecule has 0 bridgehead atoms. The fourth-order valence-electron chi connectivity index (χ4n) is 2.94. The quantitative estimate of drug-likeness (QED) is 0.827. The third kappa shape index (κ3) is 4.37. The highest BCUT2D eigenvalue weighted by Crippen LogP contribution is 2.24. The van der Waals surface area contributed by atoms with Crippen LogP contribution < -0.4 is 5.32 Å². The monoisotopic (exact) mass is 384 g/mol. The maximum atomic E-state index is 12.6. The minimum absolute atomic E-state index is 0.385. The average molecular weight is 385 g/mol. The van der Waals surface area contributed by atoms with Crippen LogP contribution in [0.4, 0.5) is 0 Å². The zero-order valence-electron chi connectivity index (χ0n) is 13.3. The van der Waals surface area contributed by atoms with Gasteiger partial charge in [-0.15, -0.1) is 11.3 Å². The Morgan fingerprint density at radius 3 is 2.46 bits per heavy atom. The molecule has 3 rings (SSSR count). The van der Waals surface area contributed by atoms with E-state index in [1.807, 2.05) is 18.2 Å². The van der Waals surface area contributed by atoms with Crippen molar-refractivity contribution >= 4 is 33.0 Å². The summed E-state index contributed by atoms with van der Waals surface area (Å²) in [6.45, 7) is 2.91. The highest BCUT2D eigenvalue weighted by atomic mass is 35.5. The van der Waals surface area contributed by atoms with Gasteiger partial charge in [0.05, 0.1) is 9.23 Å². The molecule has 1 fully saturated rings. The maximum absolute atomic E-state index is 12.6. The summed E-state index contributed by atoms with van der Waals surface area (Å²) in [6.07, 6.45) is 1.79. The molecular weight excluding hydrogens is 364 g/mol. The van der Waals surface area contributed by atoms with Crippen LogP contribution in [0.25, 0.3) is 0 Å². The first-order valence-corrected chi connectivity index (χ1v) is 10.7. The summed E-state index contributed by atoms with van der Waals surface area (Å²) in [5, 5.41) is 3.45. The Labute approximate surface area is 152 Å². The lowest BCUT2D eigenvalue weighted by molar-refractivity contribution is 0.267. The van der Waals surface area contributed by atoms with E-state index in [-0.39, 0.29) is 0 Å². The van der Waals surface area contributed by atoms with Crippen molar-refractivity contribution in [3.63, 3.8) is 0 Å². The number of thiophene rings is 1. The largest absolute Gasteiger partial charge is 0.312 e. The smallest absolute Gasteiger partial charge is 0.243 e. The van der Waals surface area contributed by atoms with Gasteiger partial charge in [-0.3, -0.25) is 0 Å². The van der Waals surface area contributed by atoms with Gasteiger partial charge in [0.15, 0.2) is 0 Å². The summed E-state index contributed by atoms with van der Waals surface area (Å²) in [7, 11) is -3.35. The Kier molecular flexibility index (Phi) is 5.94. The van der Waals surface area contributed by atoms with Gasteiger partial charge in [0.2, 0.25) is 10.0 Å². The molecule has 2 heterocycles. The van der Waals surface area contributed by atoms with Crippen molar-refractivity contribution in [1.82, 2.24) is 9.62 Å². The number of hydrogen-bond donors (Lipinski definition) is 1. The van der Waals surface area contributed by atoms with Crippen LogP contribution in [0.2, 0.25) is 4.34 Å². The van der Waals surface area contributed by atoms with Gasteiger partial charge >= 0.3 is 0 Å². The molecule has 0 atom stereocenters. The normalized spacial score (nSPS) is 17.2. The Morgan fingerprint density at radius 2 is 1.83 bits per heavy atom. The fourth-order valence-corrected chi connectivity index (χ4v) is 5.49. The van der Waals surface area contributed by atoms with Gasteiger partial charge in [0.25, 0.3) is 0 Å². The second-order valence-electron chi connectivity index (χ2n) is 6.00. The van der Waals surface area contributed by atoms with Crippen molar-refractivity contribution in [3.05, 3.63) is 51.7 Å². The summed E-state index contributed by atoms with van der Waals surface area (Å²) in [5.74, 6) is 0.516. The summed E-state index contributed by atoms with van der Waals surface area (Å²) in [4.78, 5) is 1.61. The molecule has 4 nitrogen and oxygen atoms in total. The molecule has 1 aliphatic rings. The van der Waals surface area contributed by atoms with E-state index in [0.29, 0.717) is 23.9 Å². The third-order valence-corrected chi connectivity index (χ3v) is 7.46. The van der Waals surface area contributed by atoms with E-state index in [9.17, 15) is 8.42 Å². The Balaban J connectivity index is 1.47. The zero-order chi connectivity index (χ0) is 17.0. The van der Waals surface area contributed by atoms with Gasteiger partial charge in [-0.05, 0) is 49.6 Å². The molecule has 0 amide bonds. The molecule has 1 aliphatic heterocycles. The highest BCUT2D eigenvalue weighted by molar-refractivity contribution is 7.89. The molecule has 0 aliphatic carbocycles. The van der Waals surface area contributed by atoms with Crippen molar-refractivity contribution in [2.24, 2.45) is 5.92 Å². The van der Waals surface area contributed by atoms with E-state index in [4.69, 9.17) is 11.6 Å². The average Bonchev–Trinajstić information content (AvgIpc) is 3.01. The molecule has 0 saturated carbocycles. The van der Waals surface area contributed by atoms with Gasteiger partial charge < -0.3 is 5.32 Å². The summed E-state index contributed by atoms with van der Waals surface area (Å²) >= 11 is 7.52. The molecule has 130 valence electrons. The Morgan fingerprint density at radius 1 is 1.12 bits per heavy atom. The number of sulfonamides is 1. The lowest BCUT2D eigenvalue weighted by Crippen LogP contribution is -2.40. The van der Waals surface area contributed by atoms with Crippen LogP contribution in [0.15, 0.2) is 47.4 Å². The number of hydrogen-bond acceptors (Lipinski definition) is 4. The van der Waals surface area contributed by atoms with Crippen molar-refractivity contribution in [2.75, 3.05) is 19.6 Å². The molecule has 1 aromatic carbocycles. The van der Waals surface area contributed by atoms with Crippen LogP contribution in [0.1, 0.15) is 17.7 Å². The first-order chi connectivity index (χ1) is 11.6. The van der Waals surface area contributed by atoms with Gasteiger partial charge in [0.1, 0.15) is 0 Å². The van der Waals surface area contributed by atoms with Crippen LogP contribution in [-0.4, -0.2) is 32.4 Å². The molecule has 7 heteroatoms. The topological polar surface area (TPSA) is 49.4 Å². The number of nitrogens with one attached hydrogen (secondary N) is 1. The minimum Gasteiger partial charge on any atom is -0.312 e. The SMILES string of the molecule is O=S(=O)(c1ccccc1)N1CCC(CNCc2ccc(Cl)s2)CC1. The Bertz CT molecular complexity index is 754. The highest BCUT2D eigenvalue weighted by Gasteiger charge is 2.28. The van der Waals surface area contributed by atoms with Gasteiger partial charge in [-0.25, -0.2) is 8.42 Å². The predicted octanol–water partition coefficient (Wildman–Crippen LogP) is 3.59. The molecular formula is C17H21ClN2O2S2. The van der Waals surface area contributed by atoms with Gasteiger partial charge in [-0.2, -0.15) is 4.31 Å². The third-order valence-electron chi connectivity index (χ3n) is 4.32. The first kappa shape index (κ1) is 17.9. The van der Waals surface area contributed by atoms with Crippen molar-refractivity contribution in [1.29, 1.82) is 0 Å². The molecule has 0 unspecified atom stereocenters. The number of halogens is 1. The van der Waals surface area contributed by atoms with Crippen LogP contribution in [0, 0.1) is 5.92 Å². The zero-order valence-corrected chi connectivity index (χ0v) is 15.7. The summed E-state index contributed by atoms with van der Waals surface area (Å²) in [5.41, 5.74) is 0. The standard InChI is InChI=1S/C17H21ClN2O2S2/c18-17-7-6-15(23-17)13-19-12-14-8-10-20(11-9-14)24(21,22)16-4-2-1-3-5-16/h1-7,14,19H,8-13H2. The van der Waals surface area contributed by atoms with Gasteiger partial charge in [-0.1, -0.05) is 29.8 Å². The second kappa shape index (κ2) is 7.97. The van der Waals surface area contributed by atoms with Crippen molar-refractivity contribution < 1.29 is 8.42 Å². The predicted molar refractivity (Wildman–Crippen MR) is 99.0 cm³/mol. The minimum atomic E-state index is -3.35. The molecule has 2 aromatic rings. The van der Waals surface area contributed by atoms with E-state index in [2.05, 4.69) is 5.32 Å². The second-order valence-corrected chi connectivity index (χ2v) is 9.73. The lowest BCUT2D eigenvalue weighted by atomic mass is 9.98. The van der Waals surface area contributed by atoms with Crippen LogP contribution in [0.5, 0.6) is 0 Å². The van der Waals surface area contributed by atoms with E-state index in [1.165, 1.54) is 4.88 Å². The van der Waals surface area contributed by atoms with Crippen LogP contribution >= 0.6 is 22.9 Å². The van der Waals surface area contributed by atoms with Gasteiger partial charge in [0, 0.05) is 24.5 Å². The maximum Gasteiger partial charge on any atom is 0.243 e. The van der Waals surface area contributed by atoms with Crippen molar-refractivity contribution in [2.45, 2.75) is 24.3 Å². The number of benzene rings is 1.